The van der Waals surface area contributed by atoms with Crippen molar-refractivity contribution in [3.8, 4) is 5.69 Å². The van der Waals surface area contributed by atoms with Gasteiger partial charge in [0.1, 0.15) is 0 Å². The Kier molecular flexibility index (Phi) is 5.61. The van der Waals surface area contributed by atoms with Crippen LogP contribution in [0.3, 0.4) is 0 Å². The molecule has 0 fully saturated rings. The zero-order valence-corrected chi connectivity index (χ0v) is 13.0. The highest BCUT2D eigenvalue weighted by atomic mass is 16.3. The van der Waals surface area contributed by atoms with E-state index < -0.39 is 0 Å². The number of anilines is 1. The highest BCUT2D eigenvalue weighted by Crippen LogP contribution is 2.14. The summed E-state index contributed by atoms with van der Waals surface area (Å²) in [5.74, 6) is 0.233. The summed E-state index contributed by atoms with van der Waals surface area (Å²) in [6.07, 6.45) is 4.23. The molecule has 0 bridgehead atoms. The Bertz CT molecular complexity index is 594. The maximum absolute atomic E-state index is 11.9. The van der Waals surface area contributed by atoms with Crippen LogP contribution in [0.2, 0.25) is 0 Å². The Balaban J connectivity index is 1.88. The maximum atomic E-state index is 11.9. The minimum Gasteiger partial charge on any atom is -0.393 e. The van der Waals surface area contributed by atoms with Crippen molar-refractivity contribution in [2.75, 3.05) is 11.9 Å². The van der Waals surface area contributed by atoms with Gasteiger partial charge in [-0.3, -0.25) is 0 Å². The Morgan fingerprint density at radius 2 is 1.95 bits per heavy atom. The van der Waals surface area contributed by atoms with Gasteiger partial charge < -0.3 is 20.3 Å². The van der Waals surface area contributed by atoms with E-state index >= 15 is 0 Å². The zero-order chi connectivity index (χ0) is 15.9. The topological polar surface area (TPSA) is 66.3 Å². The molecule has 0 radical (unpaired) electrons. The average Bonchev–Trinajstić information content (AvgIpc) is 2.99. The summed E-state index contributed by atoms with van der Waals surface area (Å²) in [5.41, 5.74) is 1.73. The van der Waals surface area contributed by atoms with Gasteiger partial charge in [0.25, 0.3) is 0 Å². The van der Waals surface area contributed by atoms with E-state index in [1.165, 1.54) is 0 Å². The first-order valence-electron chi connectivity index (χ1n) is 7.51. The number of carbonyl (C=O) groups excluding carboxylic acids is 1. The molecule has 0 unspecified atom stereocenters. The van der Waals surface area contributed by atoms with Crippen molar-refractivity contribution in [2.45, 2.75) is 26.4 Å². The lowest BCUT2D eigenvalue weighted by Crippen LogP contribution is -2.33. The predicted octanol–water partition coefficient (Wildman–Crippen LogP) is 3.01. The maximum Gasteiger partial charge on any atom is 0.319 e. The monoisotopic (exact) mass is 301 g/mol. The van der Waals surface area contributed by atoms with E-state index in [0.717, 1.165) is 11.4 Å². The Morgan fingerprint density at radius 1 is 1.23 bits per heavy atom. The zero-order valence-electron chi connectivity index (χ0n) is 13.0. The first kappa shape index (κ1) is 16.1. The second-order valence-corrected chi connectivity index (χ2v) is 5.67. The van der Waals surface area contributed by atoms with Crippen molar-refractivity contribution in [3.63, 3.8) is 0 Å². The molecule has 0 saturated heterocycles. The molecule has 118 valence electrons. The molecule has 0 spiro atoms. The van der Waals surface area contributed by atoms with Crippen LogP contribution >= 0.6 is 0 Å². The molecule has 0 aliphatic heterocycles. The number of aliphatic hydroxyl groups excluding tert-OH is 1. The Hall–Kier alpha value is -2.27. The van der Waals surface area contributed by atoms with Crippen LogP contribution in [-0.2, 0) is 0 Å². The normalized spacial score (nSPS) is 13.4. The number of aromatic nitrogens is 1. The number of hydrogen-bond acceptors (Lipinski definition) is 2. The number of urea groups is 1. The largest absolute Gasteiger partial charge is 0.393 e. The van der Waals surface area contributed by atoms with Crippen LogP contribution in [0.5, 0.6) is 0 Å². The molecule has 5 heteroatoms. The molecule has 22 heavy (non-hydrogen) atoms. The van der Waals surface area contributed by atoms with Crippen LogP contribution in [0.15, 0.2) is 48.8 Å². The van der Waals surface area contributed by atoms with Gasteiger partial charge in [-0.1, -0.05) is 13.0 Å². The van der Waals surface area contributed by atoms with Crippen molar-refractivity contribution in [1.82, 2.24) is 9.88 Å². The molecule has 1 aromatic heterocycles. The molecule has 2 amide bonds. The van der Waals surface area contributed by atoms with Crippen LogP contribution in [0.25, 0.3) is 5.69 Å². The molecule has 0 aliphatic rings. The molecule has 0 saturated carbocycles. The van der Waals surface area contributed by atoms with Crippen LogP contribution in [0.1, 0.15) is 20.3 Å². The van der Waals surface area contributed by atoms with Crippen LogP contribution in [0.4, 0.5) is 10.5 Å². The summed E-state index contributed by atoms with van der Waals surface area (Å²) in [7, 11) is 0. The molecule has 2 atom stereocenters. The number of hydrogen-bond donors (Lipinski definition) is 3. The van der Waals surface area contributed by atoms with E-state index in [2.05, 4.69) is 10.6 Å². The number of amides is 2. The Labute approximate surface area is 131 Å². The molecule has 0 aliphatic carbocycles. The first-order valence-corrected chi connectivity index (χ1v) is 7.51. The number of nitrogens with one attached hydrogen (secondary N) is 2. The first-order chi connectivity index (χ1) is 10.5. The van der Waals surface area contributed by atoms with Crippen LogP contribution in [0, 0.1) is 5.92 Å². The third-order valence-corrected chi connectivity index (χ3v) is 3.36. The molecule has 1 heterocycles. The molecule has 2 aromatic rings. The lowest BCUT2D eigenvalue weighted by atomic mass is 10.1. The highest BCUT2D eigenvalue weighted by Gasteiger charge is 2.08. The Morgan fingerprint density at radius 3 is 2.64 bits per heavy atom. The minimum absolute atomic E-state index is 0.233. The van der Waals surface area contributed by atoms with E-state index in [1.807, 2.05) is 60.3 Å². The fourth-order valence-electron chi connectivity index (χ4n) is 2.36. The molecule has 5 nitrogen and oxygen atoms in total. The fraction of sp³-hybridized carbons (Fsp3) is 0.353. The summed E-state index contributed by atoms with van der Waals surface area (Å²) >= 11 is 0. The van der Waals surface area contributed by atoms with E-state index in [0.29, 0.717) is 13.0 Å². The smallest absolute Gasteiger partial charge is 0.319 e. The lowest BCUT2D eigenvalue weighted by molar-refractivity contribution is 0.163. The second kappa shape index (κ2) is 7.66. The number of benzene rings is 1. The minimum atomic E-state index is -0.349. The average molecular weight is 301 g/mol. The van der Waals surface area contributed by atoms with Crippen molar-refractivity contribution >= 4 is 11.7 Å². The predicted molar refractivity (Wildman–Crippen MR) is 88.3 cm³/mol. The lowest BCUT2D eigenvalue weighted by Gasteiger charge is -2.15. The molecular weight excluding hydrogens is 278 g/mol. The van der Waals surface area contributed by atoms with Gasteiger partial charge in [0, 0.05) is 30.3 Å². The van der Waals surface area contributed by atoms with E-state index in [-0.39, 0.29) is 18.1 Å². The van der Waals surface area contributed by atoms with Gasteiger partial charge in [-0.05, 0) is 49.6 Å². The van der Waals surface area contributed by atoms with Crippen molar-refractivity contribution < 1.29 is 9.90 Å². The van der Waals surface area contributed by atoms with E-state index in [1.54, 1.807) is 6.92 Å². The molecule has 3 N–H and O–H groups in total. The van der Waals surface area contributed by atoms with Crippen molar-refractivity contribution in [2.24, 2.45) is 5.92 Å². The summed E-state index contributed by atoms with van der Waals surface area (Å²) in [6.45, 7) is 4.29. The number of rotatable bonds is 6. The summed E-state index contributed by atoms with van der Waals surface area (Å²) < 4.78 is 1.98. The number of nitrogens with zero attached hydrogens (tertiary/aromatic N) is 1. The van der Waals surface area contributed by atoms with Crippen molar-refractivity contribution in [3.05, 3.63) is 48.8 Å². The highest BCUT2D eigenvalue weighted by molar-refractivity contribution is 5.89. The molecule has 1 aromatic carbocycles. The third-order valence-electron chi connectivity index (χ3n) is 3.36. The summed E-state index contributed by atoms with van der Waals surface area (Å²) in [6, 6.07) is 11.3. The summed E-state index contributed by atoms with van der Waals surface area (Å²) in [4.78, 5) is 11.9. The molecular formula is C17H23N3O2. The van der Waals surface area contributed by atoms with Gasteiger partial charge in [0.05, 0.1) is 6.10 Å². The van der Waals surface area contributed by atoms with Gasteiger partial charge in [-0.2, -0.15) is 0 Å². The standard InChI is InChI=1S/C17H23N3O2/c1-13(10-14(2)21)12-18-17(22)19-15-6-5-7-16(11-15)20-8-3-4-9-20/h3-9,11,13-14,21H,10,12H2,1-2H3,(H2,18,19,22)/t13-,14+/m1/s1. The van der Waals surface area contributed by atoms with Crippen molar-refractivity contribution in [1.29, 1.82) is 0 Å². The summed E-state index contributed by atoms with van der Waals surface area (Å²) in [5, 5.41) is 15.0. The van der Waals surface area contributed by atoms with Gasteiger partial charge in [0.2, 0.25) is 0 Å². The van der Waals surface area contributed by atoms with E-state index in [9.17, 15) is 9.90 Å². The second-order valence-electron chi connectivity index (χ2n) is 5.67. The quantitative estimate of drug-likeness (QED) is 0.768. The fourth-order valence-corrected chi connectivity index (χ4v) is 2.36. The third kappa shape index (κ3) is 4.93. The van der Waals surface area contributed by atoms with Gasteiger partial charge >= 0.3 is 6.03 Å². The SMILES string of the molecule is C[C@@H](CNC(=O)Nc1cccc(-n2cccc2)c1)C[C@H](C)O. The van der Waals surface area contributed by atoms with Crippen LogP contribution < -0.4 is 10.6 Å². The van der Waals surface area contributed by atoms with Gasteiger partial charge in [0.15, 0.2) is 0 Å². The number of carbonyl (C=O) groups is 1. The van der Waals surface area contributed by atoms with Gasteiger partial charge in [-0.15, -0.1) is 0 Å². The number of aliphatic hydroxyl groups is 1. The van der Waals surface area contributed by atoms with Crippen LogP contribution in [-0.4, -0.2) is 28.4 Å². The molecule has 2 rings (SSSR count). The van der Waals surface area contributed by atoms with Gasteiger partial charge in [-0.25, -0.2) is 4.79 Å². The van der Waals surface area contributed by atoms with E-state index in [4.69, 9.17) is 0 Å².